The van der Waals surface area contributed by atoms with Crippen molar-refractivity contribution >= 4 is 0 Å². The van der Waals surface area contributed by atoms with Crippen LogP contribution in [0.1, 0.15) is 26.7 Å². The Morgan fingerprint density at radius 1 is 1.31 bits per heavy atom. The van der Waals surface area contributed by atoms with Crippen LogP contribution in [0.15, 0.2) is 0 Å². The smallest absolute Gasteiger partial charge is 0.330 e. The third kappa shape index (κ3) is 3.94. The quantitative estimate of drug-likeness (QED) is 0.817. The summed E-state index contributed by atoms with van der Waals surface area (Å²) in [4.78, 5) is 1.90. The molecule has 2 N–H and O–H groups in total. The van der Waals surface area contributed by atoms with Crippen molar-refractivity contribution < 1.29 is 13.2 Å². The SMILES string of the molecule is CC(C)(CN)CN1CCCC(C(F)(F)F)C1. The Labute approximate surface area is 95.0 Å². The summed E-state index contributed by atoms with van der Waals surface area (Å²) in [6.07, 6.45) is -3.15. The minimum atomic E-state index is -4.05. The number of halogens is 3. The van der Waals surface area contributed by atoms with Gasteiger partial charge >= 0.3 is 6.18 Å². The topological polar surface area (TPSA) is 29.3 Å². The highest BCUT2D eigenvalue weighted by Crippen LogP contribution is 2.33. The molecule has 1 aliphatic rings. The third-order valence-corrected chi connectivity index (χ3v) is 3.17. The molecule has 0 spiro atoms. The first-order valence-electron chi connectivity index (χ1n) is 5.74. The van der Waals surface area contributed by atoms with E-state index in [2.05, 4.69) is 0 Å². The van der Waals surface area contributed by atoms with Gasteiger partial charge in [-0.2, -0.15) is 13.2 Å². The van der Waals surface area contributed by atoms with Gasteiger partial charge in [-0.25, -0.2) is 0 Å². The predicted molar refractivity (Wildman–Crippen MR) is 58.1 cm³/mol. The first-order valence-corrected chi connectivity index (χ1v) is 5.74. The molecular formula is C11H21F3N2. The monoisotopic (exact) mass is 238 g/mol. The molecule has 1 saturated heterocycles. The van der Waals surface area contributed by atoms with Crippen molar-refractivity contribution in [1.82, 2.24) is 4.90 Å². The standard InChI is InChI=1S/C11H21F3N2/c1-10(2,7-15)8-16-5-3-4-9(6-16)11(12,13)14/h9H,3-8,15H2,1-2H3. The van der Waals surface area contributed by atoms with Gasteiger partial charge in [0.1, 0.15) is 0 Å². The van der Waals surface area contributed by atoms with E-state index in [1.54, 1.807) is 0 Å². The van der Waals surface area contributed by atoms with E-state index in [0.717, 1.165) is 6.54 Å². The highest BCUT2D eigenvalue weighted by Gasteiger charge is 2.42. The van der Waals surface area contributed by atoms with E-state index in [-0.39, 0.29) is 18.4 Å². The van der Waals surface area contributed by atoms with Gasteiger partial charge in [0.25, 0.3) is 0 Å². The zero-order valence-electron chi connectivity index (χ0n) is 9.98. The van der Waals surface area contributed by atoms with Gasteiger partial charge in [-0.1, -0.05) is 13.8 Å². The fourth-order valence-electron chi connectivity index (χ4n) is 2.14. The van der Waals surface area contributed by atoms with Gasteiger partial charge in [-0.15, -0.1) is 0 Å². The van der Waals surface area contributed by atoms with Crippen LogP contribution in [-0.2, 0) is 0 Å². The molecule has 0 aromatic heterocycles. The number of rotatable bonds is 3. The average molecular weight is 238 g/mol. The third-order valence-electron chi connectivity index (χ3n) is 3.17. The molecule has 0 aromatic rings. The normalized spacial score (nSPS) is 24.8. The van der Waals surface area contributed by atoms with Crippen molar-refractivity contribution in [2.45, 2.75) is 32.9 Å². The molecule has 0 bridgehead atoms. The molecule has 0 saturated carbocycles. The van der Waals surface area contributed by atoms with Crippen molar-refractivity contribution in [2.75, 3.05) is 26.2 Å². The summed E-state index contributed by atoms with van der Waals surface area (Å²) in [5.41, 5.74) is 5.49. The van der Waals surface area contributed by atoms with Crippen molar-refractivity contribution in [3.05, 3.63) is 0 Å². The Kier molecular flexibility index (Phi) is 4.23. The average Bonchev–Trinajstić information content (AvgIpc) is 2.16. The Hall–Kier alpha value is -0.290. The number of hydrogen-bond donors (Lipinski definition) is 1. The van der Waals surface area contributed by atoms with Crippen LogP contribution in [0.3, 0.4) is 0 Å². The van der Waals surface area contributed by atoms with Gasteiger partial charge in [0.05, 0.1) is 5.92 Å². The molecule has 0 aromatic carbocycles. The summed E-state index contributed by atoms with van der Waals surface area (Å²) in [7, 11) is 0. The maximum atomic E-state index is 12.6. The van der Waals surface area contributed by atoms with Crippen LogP contribution < -0.4 is 5.73 Å². The van der Waals surface area contributed by atoms with Gasteiger partial charge in [-0.05, 0) is 31.3 Å². The Balaban J connectivity index is 2.51. The van der Waals surface area contributed by atoms with Crippen LogP contribution >= 0.6 is 0 Å². The molecule has 2 nitrogen and oxygen atoms in total. The summed E-state index contributed by atoms with van der Waals surface area (Å²) in [5.74, 6) is -1.16. The molecule has 0 radical (unpaired) electrons. The van der Waals surface area contributed by atoms with E-state index < -0.39 is 12.1 Å². The second-order valence-electron chi connectivity index (χ2n) is 5.48. The minimum Gasteiger partial charge on any atom is -0.330 e. The Morgan fingerprint density at radius 2 is 1.94 bits per heavy atom. The van der Waals surface area contributed by atoms with Crippen molar-refractivity contribution in [1.29, 1.82) is 0 Å². The summed E-state index contributed by atoms with van der Waals surface area (Å²) >= 11 is 0. The van der Waals surface area contributed by atoms with Gasteiger partial charge in [-0.3, -0.25) is 0 Å². The second kappa shape index (κ2) is 4.92. The van der Waals surface area contributed by atoms with Gasteiger partial charge < -0.3 is 10.6 Å². The lowest BCUT2D eigenvalue weighted by Crippen LogP contribution is -2.46. The summed E-state index contributed by atoms with van der Waals surface area (Å²) in [6.45, 7) is 6.02. The maximum Gasteiger partial charge on any atom is 0.393 e. The molecule has 96 valence electrons. The zero-order chi connectivity index (χ0) is 12.4. The van der Waals surface area contributed by atoms with Gasteiger partial charge in [0.2, 0.25) is 0 Å². The summed E-state index contributed by atoms with van der Waals surface area (Å²) in [6, 6.07) is 0. The number of alkyl halides is 3. The summed E-state index contributed by atoms with van der Waals surface area (Å²) in [5, 5.41) is 0. The van der Waals surface area contributed by atoms with Crippen LogP contribution in [0, 0.1) is 11.3 Å². The van der Waals surface area contributed by atoms with E-state index in [0.29, 0.717) is 19.5 Å². The van der Waals surface area contributed by atoms with Gasteiger partial charge in [0.15, 0.2) is 0 Å². The molecule has 1 atom stereocenters. The van der Waals surface area contributed by atoms with Crippen LogP contribution in [0.5, 0.6) is 0 Å². The molecule has 16 heavy (non-hydrogen) atoms. The summed E-state index contributed by atoms with van der Waals surface area (Å²) < 4.78 is 37.7. The number of hydrogen-bond acceptors (Lipinski definition) is 2. The fraction of sp³-hybridized carbons (Fsp3) is 1.00. The number of nitrogens with zero attached hydrogens (tertiary/aromatic N) is 1. The second-order valence-corrected chi connectivity index (χ2v) is 5.48. The Morgan fingerprint density at radius 3 is 2.44 bits per heavy atom. The largest absolute Gasteiger partial charge is 0.393 e. The molecular weight excluding hydrogens is 217 g/mol. The number of likely N-dealkylation sites (tertiary alicyclic amines) is 1. The Bertz CT molecular complexity index is 226. The van der Waals surface area contributed by atoms with E-state index in [1.807, 2.05) is 18.7 Å². The molecule has 0 amide bonds. The highest BCUT2D eigenvalue weighted by molar-refractivity contribution is 4.82. The van der Waals surface area contributed by atoms with E-state index in [1.165, 1.54) is 0 Å². The van der Waals surface area contributed by atoms with E-state index in [9.17, 15) is 13.2 Å². The molecule has 1 fully saturated rings. The van der Waals surface area contributed by atoms with Crippen LogP contribution in [-0.4, -0.2) is 37.3 Å². The van der Waals surface area contributed by atoms with Gasteiger partial charge in [0, 0.05) is 13.1 Å². The predicted octanol–water partition coefficient (Wildman–Crippen LogP) is 2.25. The van der Waals surface area contributed by atoms with Crippen LogP contribution in [0.25, 0.3) is 0 Å². The molecule has 1 unspecified atom stereocenters. The highest BCUT2D eigenvalue weighted by atomic mass is 19.4. The van der Waals surface area contributed by atoms with E-state index in [4.69, 9.17) is 5.73 Å². The van der Waals surface area contributed by atoms with Crippen LogP contribution in [0.2, 0.25) is 0 Å². The van der Waals surface area contributed by atoms with E-state index >= 15 is 0 Å². The molecule has 0 aliphatic carbocycles. The molecule has 1 rings (SSSR count). The van der Waals surface area contributed by atoms with Crippen molar-refractivity contribution in [2.24, 2.45) is 17.1 Å². The van der Waals surface area contributed by atoms with Crippen molar-refractivity contribution in [3.63, 3.8) is 0 Å². The first kappa shape index (κ1) is 13.8. The minimum absolute atomic E-state index is 0.104. The van der Waals surface area contributed by atoms with Crippen molar-refractivity contribution in [3.8, 4) is 0 Å². The molecule has 1 aliphatic heterocycles. The molecule has 1 heterocycles. The lowest BCUT2D eigenvalue weighted by atomic mass is 9.90. The lowest BCUT2D eigenvalue weighted by molar-refractivity contribution is -0.187. The fourth-order valence-corrected chi connectivity index (χ4v) is 2.14. The zero-order valence-corrected chi connectivity index (χ0v) is 9.98. The molecule has 5 heteroatoms. The number of nitrogens with two attached hydrogens (primary N) is 1. The number of piperidine rings is 1. The lowest BCUT2D eigenvalue weighted by Gasteiger charge is -2.38. The first-order chi connectivity index (χ1) is 7.24. The maximum absolute atomic E-state index is 12.6. The van der Waals surface area contributed by atoms with Crippen LogP contribution in [0.4, 0.5) is 13.2 Å².